The molecule has 168 valence electrons. The van der Waals surface area contributed by atoms with Gasteiger partial charge >= 0.3 is 12.1 Å². The van der Waals surface area contributed by atoms with Crippen LogP contribution in [0.5, 0.6) is 0 Å². The van der Waals surface area contributed by atoms with E-state index < -0.39 is 23.7 Å². The van der Waals surface area contributed by atoms with Crippen molar-refractivity contribution < 1.29 is 23.9 Å². The molecule has 1 N–H and O–H groups in total. The van der Waals surface area contributed by atoms with E-state index >= 15 is 0 Å². The normalized spacial score (nSPS) is 12.2. The average Bonchev–Trinajstić information content (AvgIpc) is 3.11. The Bertz CT molecular complexity index is 1110. The fraction of sp³-hybridized carbons (Fsp3) is 0.320. The number of para-hydroxylation sites is 1. The Morgan fingerprint density at radius 2 is 1.66 bits per heavy atom. The third-order valence-corrected chi connectivity index (χ3v) is 4.84. The maximum Gasteiger partial charge on any atom is 0.419 e. The van der Waals surface area contributed by atoms with Crippen molar-refractivity contribution in [3.63, 3.8) is 0 Å². The fourth-order valence-electron chi connectivity index (χ4n) is 3.46. The van der Waals surface area contributed by atoms with Gasteiger partial charge in [0.15, 0.2) is 0 Å². The number of carbonyl (C=O) groups is 3. The van der Waals surface area contributed by atoms with Crippen molar-refractivity contribution in [3.8, 4) is 0 Å². The predicted octanol–water partition coefficient (Wildman–Crippen LogP) is 3.87. The first-order valence-electron chi connectivity index (χ1n) is 10.4. The van der Waals surface area contributed by atoms with Crippen LogP contribution in [0.4, 0.5) is 4.79 Å². The number of rotatable bonds is 6. The van der Waals surface area contributed by atoms with Gasteiger partial charge in [-0.25, -0.2) is 9.59 Å². The van der Waals surface area contributed by atoms with Crippen LogP contribution in [0, 0.1) is 0 Å². The molecule has 0 radical (unpaired) electrons. The molecule has 1 amide bonds. The number of methoxy groups -OCH3 is 1. The Labute approximate surface area is 187 Å². The monoisotopic (exact) mass is 436 g/mol. The van der Waals surface area contributed by atoms with Crippen LogP contribution in [0.15, 0.2) is 60.8 Å². The molecule has 0 aliphatic rings. The lowest BCUT2D eigenvalue weighted by molar-refractivity contribution is -0.145. The van der Waals surface area contributed by atoms with Gasteiger partial charge in [0.05, 0.1) is 19.0 Å². The van der Waals surface area contributed by atoms with E-state index in [1.54, 1.807) is 27.0 Å². The highest BCUT2D eigenvalue weighted by atomic mass is 16.6. The van der Waals surface area contributed by atoms with E-state index in [4.69, 9.17) is 9.47 Å². The molecule has 3 aromatic rings. The van der Waals surface area contributed by atoms with Crippen molar-refractivity contribution in [1.82, 2.24) is 9.88 Å². The molecule has 0 bridgehead atoms. The van der Waals surface area contributed by atoms with Gasteiger partial charge in [-0.05, 0) is 38.0 Å². The van der Waals surface area contributed by atoms with Crippen molar-refractivity contribution in [2.75, 3.05) is 7.11 Å². The van der Waals surface area contributed by atoms with Gasteiger partial charge in [0.25, 0.3) is 0 Å². The minimum absolute atomic E-state index is 0.147. The van der Waals surface area contributed by atoms with Gasteiger partial charge in [-0.15, -0.1) is 0 Å². The summed E-state index contributed by atoms with van der Waals surface area (Å²) in [6.07, 6.45) is 1.46. The molecule has 2 aromatic carbocycles. The molecular formula is C25H28N2O5. The van der Waals surface area contributed by atoms with Crippen LogP contribution in [0.3, 0.4) is 0 Å². The Kier molecular flexibility index (Phi) is 6.98. The summed E-state index contributed by atoms with van der Waals surface area (Å²) in [7, 11) is 1.28. The first kappa shape index (κ1) is 23.1. The van der Waals surface area contributed by atoms with Crippen molar-refractivity contribution >= 4 is 28.9 Å². The lowest BCUT2D eigenvalue weighted by Crippen LogP contribution is -2.43. The first-order valence-corrected chi connectivity index (χ1v) is 10.4. The summed E-state index contributed by atoms with van der Waals surface area (Å²) in [5.74, 6) is -0.844. The molecular weight excluding hydrogens is 408 g/mol. The minimum Gasteiger partial charge on any atom is -0.467 e. The van der Waals surface area contributed by atoms with Crippen LogP contribution < -0.4 is 5.32 Å². The molecule has 1 aromatic heterocycles. The van der Waals surface area contributed by atoms with E-state index in [0.717, 1.165) is 16.5 Å². The zero-order valence-electron chi connectivity index (χ0n) is 18.8. The van der Waals surface area contributed by atoms with Crippen LogP contribution in [-0.4, -0.2) is 41.3 Å². The molecule has 0 spiro atoms. The summed E-state index contributed by atoms with van der Waals surface area (Å²) in [6, 6.07) is 15.7. The number of amides is 1. The number of benzene rings is 2. The third kappa shape index (κ3) is 5.75. The maximum atomic E-state index is 12.7. The van der Waals surface area contributed by atoms with Crippen molar-refractivity contribution in [1.29, 1.82) is 0 Å². The van der Waals surface area contributed by atoms with E-state index in [0.29, 0.717) is 5.52 Å². The van der Waals surface area contributed by atoms with Crippen molar-refractivity contribution in [2.24, 2.45) is 0 Å². The summed E-state index contributed by atoms with van der Waals surface area (Å²) >= 11 is 0. The number of fused-ring (bicyclic) bond motifs is 1. The zero-order valence-corrected chi connectivity index (χ0v) is 18.8. The van der Waals surface area contributed by atoms with E-state index in [9.17, 15) is 14.4 Å². The number of esters is 1. The molecule has 7 heteroatoms. The first-order chi connectivity index (χ1) is 15.2. The summed E-state index contributed by atoms with van der Waals surface area (Å²) in [4.78, 5) is 37.7. The van der Waals surface area contributed by atoms with Crippen LogP contribution in [-0.2, 0) is 31.9 Å². The van der Waals surface area contributed by atoms with Crippen LogP contribution in [0.25, 0.3) is 10.9 Å². The Morgan fingerprint density at radius 3 is 2.31 bits per heavy atom. The molecule has 0 saturated carbocycles. The second-order valence-corrected chi connectivity index (χ2v) is 8.53. The Morgan fingerprint density at radius 1 is 1.00 bits per heavy atom. The standard InChI is InChI=1S/C25H28N2O5/c1-25(2,3)32-24(30)27-16-18(19-12-8-9-13-21(19)27)15-20(23(29)31-4)26-22(28)14-17-10-6-5-7-11-17/h5-13,16,20H,14-15H2,1-4H3,(H,26,28)/t20-/m0/s1. The van der Waals surface area contributed by atoms with E-state index in [1.807, 2.05) is 54.6 Å². The fourth-order valence-corrected chi connectivity index (χ4v) is 3.46. The summed E-state index contributed by atoms with van der Waals surface area (Å²) < 4.78 is 11.9. The smallest absolute Gasteiger partial charge is 0.419 e. The highest BCUT2D eigenvalue weighted by molar-refractivity contribution is 5.93. The third-order valence-electron chi connectivity index (χ3n) is 4.84. The van der Waals surface area contributed by atoms with Crippen molar-refractivity contribution in [3.05, 3.63) is 71.9 Å². The van der Waals surface area contributed by atoms with Gasteiger partial charge < -0.3 is 14.8 Å². The van der Waals surface area contributed by atoms with Crippen LogP contribution in [0.2, 0.25) is 0 Å². The summed E-state index contributed by atoms with van der Waals surface area (Å²) in [5.41, 5.74) is 1.58. The molecule has 7 nitrogen and oxygen atoms in total. The number of hydrogen-bond donors (Lipinski definition) is 1. The van der Waals surface area contributed by atoms with E-state index in [1.165, 1.54) is 11.7 Å². The highest BCUT2D eigenvalue weighted by Crippen LogP contribution is 2.24. The predicted molar refractivity (Wildman–Crippen MR) is 121 cm³/mol. The van der Waals surface area contributed by atoms with Crippen LogP contribution in [0.1, 0.15) is 31.9 Å². The molecule has 1 atom stereocenters. The number of nitrogens with zero attached hydrogens (tertiary/aromatic N) is 1. The molecule has 0 aliphatic carbocycles. The average molecular weight is 437 g/mol. The topological polar surface area (TPSA) is 86.6 Å². The second-order valence-electron chi connectivity index (χ2n) is 8.53. The maximum absolute atomic E-state index is 12.7. The van der Waals surface area contributed by atoms with Gasteiger partial charge in [-0.3, -0.25) is 9.36 Å². The molecule has 3 rings (SSSR count). The van der Waals surface area contributed by atoms with Gasteiger partial charge in [0, 0.05) is 18.0 Å². The van der Waals surface area contributed by atoms with E-state index in [2.05, 4.69) is 5.32 Å². The summed E-state index contributed by atoms with van der Waals surface area (Å²) in [5, 5.41) is 3.56. The largest absolute Gasteiger partial charge is 0.467 e. The molecule has 32 heavy (non-hydrogen) atoms. The number of ether oxygens (including phenoxy) is 2. The lowest BCUT2D eigenvalue weighted by atomic mass is 10.0. The summed E-state index contributed by atoms with van der Waals surface area (Å²) in [6.45, 7) is 5.40. The van der Waals surface area contributed by atoms with Gasteiger partial charge in [-0.1, -0.05) is 48.5 Å². The number of carbonyl (C=O) groups excluding carboxylic acids is 3. The SMILES string of the molecule is COC(=O)[C@H](Cc1cn(C(=O)OC(C)(C)C)c2ccccc12)NC(=O)Cc1ccccc1. The van der Waals surface area contributed by atoms with Gasteiger partial charge in [0.2, 0.25) is 5.91 Å². The number of nitrogens with one attached hydrogen (secondary N) is 1. The Balaban J connectivity index is 1.86. The number of hydrogen-bond acceptors (Lipinski definition) is 5. The van der Waals surface area contributed by atoms with E-state index in [-0.39, 0.29) is 18.7 Å². The van der Waals surface area contributed by atoms with Gasteiger partial charge in [-0.2, -0.15) is 0 Å². The van der Waals surface area contributed by atoms with Crippen LogP contribution >= 0.6 is 0 Å². The quantitative estimate of drug-likeness (QED) is 0.593. The van der Waals surface area contributed by atoms with Gasteiger partial charge in [0.1, 0.15) is 11.6 Å². The second kappa shape index (κ2) is 9.68. The zero-order chi connectivity index (χ0) is 23.3. The lowest BCUT2D eigenvalue weighted by Gasteiger charge is -2.19. The molecule has 0 fully saturated rings. The molecule has 1 heterocycles. The highest BCUT2D eigenvalue weighted by Gasteiger charge is 2.26. The molecule has 0 unspecified atom stereocenters. The van der Waals surface area contributed by atoms with Crippen molar-refractivity contribution in [2.45, 2.75) is 45.3 Å². The number of aromatic nitrogens is 1. The molecule has 0 saturated heterocycles. The molecule has 0 aliphatic heterocycles. The minimum atomic E-state index is -0.894. The Hall–Kier alpha value is -3.61.